The van der Waals surface area contributed by atoms with Crippen molar-refractivity contribution >= 4 is 21.2 Å². The number of alkyl halides is 9. The largest absolute Gasteiger partial charge is 0.431 e. The average Bonchev–Trinajstić information content (AvgIpc) is 3.31. The predicted octanol–water partition coefficient (Wildman–Crippen LogP) is 7.22. The Balaban J connectivity index is 1.81. The number of sulfone groups is 1. The van der Waals surface area contributed by atoms with E-state index in [1.807, 2.05) is 0 Å². The molecule has 4 rings (SSSR count). The van der Waals surface area contributed by atoms with Gasteiger partial charge in [-0.15, -0.1) is 0 Å². The second-order valence-electron chi connectivity index (χ2n) is 9.52. The van der Waals surface area contributed by atoms with Crippen LogP contribution in [-0.2, 0) is 16.0 Å². The van der Waals surface area contributed by atoms with Crippen LogP contribution in [0.4, 0.5) is 54.0 Å². The van der Waals surface area contributed by atoms with Gasteiger partial charge in [0.05, 0.1) is 27.9 Å². The Bertz CT molecular complexity index is 1670. The van der Waals surface area contributed by atoms with E-state index in [0.29, 0.717) is 35.5 Å². The quantitative estimate of drug-likeness (QED) is 0.298. The van der Waals surface area contributed by atoms with Gasteiger partial charge in [0.2, 0.25) is 0 Å². The summed E-state index contributed by atoms with van der Waals surface area (Å²) in [5.41, 5.74) is -9.68. The van der Waals surface area contributed by atoms with Crippen LogP contribution in [0.1, 0.15) is 23.6 Å². The lowest BCUT2D eigenvalue weighted by Crippen LogP contribution is -2.62. The molecular formula is C26H17F11N2O3S. The fraction of sp³-hybridized carbons (Fsp3) is 0.269. The van der Waals surface area contributed by atoms with E-state index in [1.165, 1.54) is 0 Å². The molecule has 3 aromatic carbocycles. The minimum absolute atomic E-state index is 0.0371. The van der Waals surface area contributed by atoms with E-state index in [1.54, 1.807) is 0 Å². The minimum Gasteiger partial charge on any atom is -0.369 e. The maximum Gasteiger partial charge on any atom is 0.431 e. The third-order valence-electron chi connectivity index (χ3n) is 6.62. The van der Waals surface area contributed by atoms with E-state index >= 15 is 0 Å². The Labute approximate surface area is 235 Å². The minimum atomic E-state index is -6.30. The molecular weight excluding hydrogens is 629 g/mol. The number of hydrogen-bond donors (Lipinski definition) is 1. The highest BCUT2D eigenvalue weighted by Crippen LogP contribution is 2.49. The zero-order valence-electron chi connectivity index (χ0n) is 21.3. The molecule has 1 heterocycles. The van der Waals surface area contributed by atoms with E-state index in [2.05, 4.69) is 5.10 Å². The third kappa shape index (κ3) is 5.91. The van der Waals surface area contributed by atoms with E-state index in [0.717, 1.165) is 36.4 Å². The zero-order chi connectivity index (χ0) is 32.3. The number of hydrogen-bond acceptors (Lipinski definition) is 5. The van der Waals surface area contributed by atoms with E-state index in [9.17, 15) is 61.8 Å². The molecule has 0 saturated heterocycles. The smallest absolute Gasteiger partial charge is 0.369 e. The van der Waals surface area contributed by atoms with Crippen LogP contribution in [0.15, 0.2) is 70.7 Å². The molecule has 43 heavy (non-hydrogen) atoms. The molecule has 0 spiro atoms. The second kappa shape index (κ2) is 10.5. The first-order chi connectivity index (χ1) is 19.6. The molecule has 1 unspecified atom stereocenters. The highest BCUT2D eigenvalue weighted by atomic mass is 32.2. The molecule has 0 fully saturated rings. The van der Waals surface area contributed by atoms with Crippen molar-refractivity contribution in [2.75, 3.05) is 11.3 Å². The molecule has 232 valence electrons. The van der Waals surface area contributed by atoms with E-state index in [4.69, 9.17) is 0 Å². The first-order valence-corrected chi connectivity index (χ1v) is 13.6. The Kier molecular flexibility index (Phi) is 7.83. The lowest BCUT2D eigenvalue weighted by molar-refractivity contribution is -0.338. The van der Waals surface area contributed by atoms with Crippen LogP contribution in [0.2, 0.25) is 0 Å². The highest BCUT2D eigenvalue weighted by molar-refractivity contribution is 7.90. The first kappa shape index (κ1) is 32.2. The number of hydrazone groups is 1. The summed E-state index contributed by atoms with van der Waals surface area (Å²) in [7, 11) is -4.28. The van der Waals surface area contributed by atoms with Crippen molar-refractivity contribution in [3.63, 3.8) is 0 Å². The summed E-state index contributed by atoms with van der Waals surface area (Å²) in [6.07, 6.45) is -18.3. The molecule has 1 aliphatic rings. The molecule has 0 amide bonds. The molecule has 17 heteroatoms. The summed E-state index contributed by atoms with van der Waals surface area (Å²) >= 11 is 0. The van der Waals surface area contributed by atoms with Crippen LogP contribution in [0.25, 0.3) is 11.1 Å². The summed E-state index contributed by atoms with van der Waals surface area (Å²) in [4.78, 5) is -0.991. The van der Waals surface area contributed by atoms with Crippen LogP contribution >= 0.6 is 0 Å². The predicted molar refractivity (Wildman–Crippen MR) is 131 cm³/mol. The van der Waals surface area contributed by atoms with E-state index < -0.39 is 79.9 Å². The van der Waals surface area contributed by atoms with E-state index in [-0.39, 0.29) is 16.7 Å². The fourth-order valence-electron chi connectivity index (χ4n) is 4.52. The number of aliphatic hydroxyl groups is 1. The Morgan fingerprint density at radius 2 is 1.37 bits per heavy atom. The van der Waals surface area contributed by atoms with Gasteiger partial charge < -0.3 is 5.11 Å². The van der Waals surface area contributed by atoms with Crippen LogP contribution in [-0.4, -0.2) is 43.4 Å². The van der Waals surface area contributed by atoms with Crippen molar-refractivity contribution in [3.05, 3.63) is 83.4 Å². The van der Waals surface area contributed by atoms with Crippen molar-refractivity contribution in [2.45, 2.75) is 41.5 Å². The summed E-state index contributed by atoms with van der Waals surface area (Å²) in [6, 6.07) is 6.89. The molecule has 0 saturated carbocycles. The van der Waals surface area contributed by atoms with Crippen LogP contribution in [0, 0.1) is 11.6 Å². The monoisotopic (exact) mass is 646 g/mol. The van der Waals surface area contributed by atoms with Gasteiger partial charge in [-0.05, 0) is 41.0 Å². The fourth-order valence-corrected chi connectivity index (χ4v) is 5.41. The van der Waals surface area contributed by atoms with Crippen molar-refractivity contribution in [2.24, 2.45) is 5.10 Å². The third-order valence-corrected chi connectivity index (χ3v) is 7.77. The lowest BCUT2D eigenvalue weighted by atomic mass is 9.89. The van der Waals surface area contributed by atoms with Gasteiger partial charge >= 0.3 is 18.5 Å². The number of rotatable bonds is 5. The number of halogens is 11. The number of anilines is 1. The summed E-state index contributed by atoms with van der Waals surface area (Å²) in [5, 5.41) is 13.6. The van der Waals surface area contributed by atoms with Crippen molar-refractivity contribution in [3.8, 4) is 11.1 Å². The molecule has 0 bridgehead atoms. The first-order valence-electron chi connectivity index (χ1n) is 11.8. The van der Waals surface area contributed by atoms with Gasteiger partial charge in [-0.25, -0.2) is 17.2 Å². The van der Waals surface area contributed by atoms with Crippen LogP contribution < -0.4 is 5.01 Å². The Hall–Kier alpha value is -3.73. The standard InChI is InChI=1S/C26H17F11N2O3S/c1-43(41,42)21-9-6-15(10-17(21)24(29,30)31)13-2-4-14(5-3-13)20-12-22(23(40,25(32,33)34)26(35,36)37)38-39(20)19-8-7-16(27)11-18(19)28/h2-11,20,40H,12H2,1H3. The van der Waals surface area contributed by atoms with Gasteiger partial charge in [0.1, 0.15) is 5.82 Å². The molecule has 5 nitrogen and oxygen atoms in total. The molecule has 0 aromatic heterocycles. The molecule has 1 N–H and O–H groups in total. The SMILES string of the molecule is CS(=O)(=O)c1ccc(-c2ccc(C3CC(C(O)(C(F)(F)F)C(F)(F)F)=NN3c3ccc(F)cc3F)cc2)cc1C(F)(F)F. The topological polar surface area (TPSA) is 70.0 Å². The van der Waals surface area contributed by atoms with Gasteiger partial charge in [-0.2, -0.15) is 44.6 Å². The second-order valence-corrected chi connectivity index (χ2v) is 11.5. The Morgan fingerprint density at radius 1 is 0.814 bits per heavy atom. The number of nitrogens with zero attached hydrogens (tertiary/aromatic N) is 2. The zero-order valence-corrected chi connectivity index (χ0v) is 22.1. The maximum absolute atomic E-state index is 14.6. The molecule has 1 atom stereocenters. The highest BCUT2D eigenvalue weighted by Gasteiger charge is 2.74. The average molecular weight is 646 g/mol. The molecule has 0 aliphatic carbocycles. The van der Waals surface area contributed by atoms with Gasteiger partial charge in [-0.1, -0.05) is 30.3 Å². The molecule has 0 radical (unpaired) electrons. The van der Waals surface area contributed by atoms with Crippen molar-refractivity contribution in [1.82, 2.24) is 0 Å². The summed E-state index contributed by atoms with van der Waals surface area (Å²) in [6.45, 7) is 0. The summed E-state index contributed by atoms with van der Waals surface area (Å²) < 4.78 is 174. The maximum atomic E-state index is 14.6. The van der Waals surface area contributed by atoms with Crippen molar-refractivity contribution in [1.29, 1.82) is 0 Å². The van der Waals surface area contributed by atoms with Crippen LogP contribution in [0.3, 0.4) is 0 Å². The van der Waals surface area contributed by atoms with Gasteiger partial charge in [-0.3, -0.25) is 5.01 Å². The lowest BCUT2D eigenvalue weighted by Gasteiger charge is -2.32. The normalized spacial score (nSPS) is 16.9. The number of benzene rings is 3. The van der Waals surface area contributed by atoms with Gasteiger partial charge in [0, 0.05) is 18.7 Å². The molecule has 3 aromatic rings. The van der Waals surface area contributed by atoms with Gasteiger partial charge in [0.25, 0.3) is 5.60 Å². The Morgan fingerprint density at radius 3 is 1.86 bits per heavy atom. The molecule has 1 aliphatic heterocycles. The van der Waals surface area contributed by atoms with Gasteiger partial charge in [0.15, 0.2) is 15.7 Å². The summed E-state index contributed by atoms with van der Waals surface area (Å²) in [5.74, 6) is -2.52. The van der Waals surface area contributed by atoms with Crippen LogP contribution in [0.5, 0.6) is 0 Å². The van der Waals surface area contributed by atoms with Crippen molar-refractivity contribution < 1.29 is 61.8 Å².